The van der Waals surface area contributed by atoms with Crippen LogP contribution in [0.15, 0.2) is 65.1 Å². The fraction of sp³-hybridized carbons (Fsp3) is 0.125. The first-order chi connectivity index (χ1) is 14.5. The molecule has 0 atom stereocenters. The van der Waals surface area contributed by atoms with Crippen molar-refractivity contribution in [2.24, 2.45) is 0 Å². The third-order valence-electron chi connectivity index (χ3n) is 4.54. The van der Waals surface area contributed by atoms with Crippen LogP contribution in [0.2, 0.25) is 0 Å². The van der Waals surface area contributed by atoms with E-state index in [0.717, 1.165) is 34.2 Å². The Morgan fingerprint density at radius 3 is 2.03 bits per heavy atom. The number of aliphatic hydroxyl groups is 1. The molecule has 4 aromatic rings. The quantitative estimate of drug-likeness (QED) is 0.281. The second kappa shape index (κ2) is 8.71. The third-order valence-corrected chi connectivity index (χ3v) is 4.54. The first-order valence-electron chi connectivity index (χ1n) is 9.49. The molecule has 0 bridgehead atoms. The zero-order valence-corrected chi connectivity index (χ0v) is 16.6. The first-order valence-corrected chi connectivity index (χ1v) is 9.49. The fourth-order valence-corrected chi connectivity index (χ4v) is 3.01. The number of phenols is 3. The number of hydrogen-bond acceptors (Lipinski definition) is 6. The first kappa shape index (κ1) is 21.0. The van der Waals surface area contributed by atoms with Crippen molar-refractivity contribution in [2.45, 2.75) is 20.5 Å². The van der Waals surface area contributed by atoms with Crippen LogP contribution in [0.25, 0.3) is 22.1 Å². The lowest BCUT2D eigenvalue weighted by Gasteiger charge is -2.03. The molecule has 0 radical (unpaired) electrons. The van der Waals surface area contributed by atoms with Gasteiger partial charge in [0.25, 0.3) is 0 Å². The number of benzene rings is 3. The summed E-state index contributed by atoms with van der Waals surface area (Å²) < 4.78 is 5.61. The maximum absolute atomic E-state index is 12.6. The van der Waals surface area contributed by atoms with Crippen molar-refractivity contribution in [1.82, 2.24) is 0 Å². The van der Waals surface area contributed by atoms with Gasteiger partial charge in [0.1, 0.15) is 5.58 Å². The molecule has 3 aromatic carbocycles. The highest BCUT2D eigenvalue weighted by Gasteiger charge is 2.19. The van der Waals surface area contributed by atoms with Crippen LogP contribution in [-0.4, -0.2) is 26.2 Å². The van der Waals surface area contributed by atoms with Crippen molar-refractivity contribution >= 4 is 16.8 Å². The molecule has 0 saturated carbocycles. The van der Waals surface area contributed by atoms with Gasteiger partial charge in [-0.2, -0.15) is 0 Å². The SMILES string of the molecule is CC.O=C(c1cc(O)c(O)c(O)c1)c1cc2cc(-c3ccc(CO)cc3)ccc2o1. The van der Waals surface area contributed by atoms with E-state index in [1.165, 1.54) is 0 Å². The van der Waals surface area contributed by atoms with Gasteiger partial charge in [0.15, 0.2) is 23.0 Å². The second-order valence-corrected chi connectivity index (χ2v) is 6.41. The molecule has 6 nitrogen and oxygen atoms in total. The van der Waals surface area contributed by atoms with Gasteiger partial charge in [-0.15, -0.1) is 0 Å². The minimum Gasteiger partial charge on any atom is -0.504 e. The van der Waals surface area contributed by atoms with Crippen molar-refractivity contribution in [3.63, 3.8) is 0 Å². The molecular formula is C24H22O6. The van der Waals surface area contributed by atoms with E-state index in [9.17, 15) is 20.1 Å². The molecule has 1 heterocycles. The van der Waals surface area contributed by atoms with Crippen molar-refractivity contribution in [1.29, 1.82) is 0 Å². The number of furan rings is 1. The summed E-state index contributed by atoms with van der Waals surface area (Å²) in [5, 5.41) is 38.5. The molecule has 30 heavy (non-hydrogen) atoms. The number of rotatable bonds is 4. The monoisotopic (exact) mass is 406 g/mol. The van der Waals surface area contributed by atoms with Crippen LogP contribution in [0.4, 0.5) is 0 Å². The predicted octanol–water partition coefficient (Wildman–Crippen LogP) is 4.97. The largest absolute Gasteiger partial charge is 0.504 e. The Bertz CT molecular complexity index is 1170. The van der Waals surface area contributed by atoms with E-state index in [0.29, 0.717) is 5.58 Å². The Morgan fingerprint density at radius 1 is 0.833 bits per heavy atom. The van der Waals surface area contributed by atoms with Crippen LogP contribution in [0.1, 0.15) is 35.5 Å². The molecule has 6 heteroatoms. The van der Waals surface area contributed by atoms with Gasteiger partial charge >= 0.3 is 0 Å². The normalized spacial score (nSPS) is 10.5. The number of hydrogen-bond donors (Lipinski definition) is 4. The summed E-state index contributed by atoms with van der Waals surface area (Å²) in [6.45, 7) is 3.98. The van der Waals surface area contributed by atoms with E-state index in [1.54, 1.807) is 12.1 Å². The Balaban J connectivity index is 0.00000124. The number of ketones is 1. The number of aliphatic hydroxyl groups excluding tert-OH is 1. The maximum atomic E-state index is 12.6. The molecule has 4 rings (SSSR count). The highest BCUT2D eigenvalue weighted by molar-refractivity contribution is 6.09. The lowest BCUT2D eigenvalue weighted by atomic mass is 10.0. The molecule has 0 spiro atoms. The molecule has 0 aliphatic heterocycles. The molecule has 0 unspecified atom stereocenters. The predicted molar refractivity (Wildman–Crippen MR) is 114 cm³/mol. The standard InChI is InChI=1S/C22H16O6.C2H6/c23-11-12-1-3-13(4-2-12)14-5-6-19-15(7-14)10-20(28-19)21(26)16-8-17(24)22(27)18(25)9-16;1-2/h1-10,23-25,27H,11H2;1-2H3. The van der Waals surface area contributed by atoms with Gasteiger partial charge in [0, 0.05) is 10.9 Å². The van der Waals surface area contributed by atoms with Gasteiger partial charge in [-0.25, -0.2) is 0 Å². The summed E-state index contributed by atoms with van der Waals surface area (Å²) in [5.74, 6) is -2.35. The Labute approximate surface area is 173 Å². The van der Waals surface area contributed by atoms with Crippen molar-refractivity contribution in [3.05, 3.63) is 77.6 Å². The van der Waals surface area contributed by atoms with E-state index >= 15 is 0 Å². The van der Waals surface area contributed by atoms with E-state index in [4.69, 9.17) is 9.52 Å². The highest BCUT2D eigenvalue weighted by Crippen LogP contribution is 2.36. The Hall–Kier alpha value is -3.77. The lowest BCUT2D eigenvalue weighted by Crippen LogP contribution is -1.99. The van der Waals surface area contributed by atoms with Crippen LogP contribution in [-0.2, 0) is 6.61 Å². The van der Waals surface area contributed by atoms with Crippen molar-refractivity contribution < 1.29 is 29.6 Å². The fourth-order valence-electron chi connectivity index (χ4n) is 3.01. The smallest absolute Gasteiger partial charge is 0.228 e. The van der Waals surface area contributed by atoms with Crippen LogP contribution in [0, 0.1) is 0 Å². The van der Waals surface area contributed by atoms with E-state index in [2.05, 4.69) is 0 Å². The topological polar surface area (TPSA) is 111 Å². The van der Waals surface area contributed by atoms with Gasteiger partial charge in [0.2, 0.25) is 5.78 Å². The number of fused-ring (bicyclic) bond motifs is 1. The molecular weight excluding hydrogens is 384 g/mol. The van der Waals surface area contributed by atoms with Crippen LogP contribution in [0.5, 0.6) is 17.2 Å². The molecule has 0 aliphatic carbocycles. The number of carbonyl (C=O) groups excluding carboxylic acids is 1. The summed E-state index contributed by atoms with van der Waals surface area (Å²) in [6, 6.07) is 16.7. The number of phenolic OH excluding ortho intramolecular Hbond substituents is 3. The molecule has 4 N–H and O–H groups in total. The third kappa shape index (κ3) is 3.99. The summed E-state index contributed by atoms with van der Waals surface area (Å²) in [4.78, 5) is 12.6. The van der Waals surface area contributed by atoms with Gasteiger partial charge in [-0.05, 0) is 47.0 Å². The minimum atomic E-state index is -0.682. The van der Waals surface area contributed by atoms with Gasteiger partial charge in [-0.3, -0.25) is 4.79 Å². The van der Waals surface area contributed by atoms with Crippen molar-refractivity contribution in [2.75, 3.05) is 0 Å². The second-order valence-electron chi connectivity index (χ2n) is 6.41. The summed E-state index contributed by atoms with van der Waals surface area (Å²) in [6.07, 6.45) is 0. The molecule has 1 aromatic heterocycles. The number of carbonyl (C=O) groups is 1. The molecule has 0 amide bonds. The van der Waals surface area contributed by atoms with E-state index in [-0.39, 0.29) is 17.9 Å². The van der Waals surface area contributed by atoms with Crippen molar-refractivity contribution in [3.8, 4) is 28.4 Å². The highest BCUT2D eigenvalue weighted by atomic mass is 16.3. The summed E-state index contributed by atoms with van der Waals surface area (Å²) >= 11 is 0. The van der Waals surface area contributed by atoms with Crippen LogP contribution in [0.3, 0.4) is 0 Å². The average Bonchev–Trinajstić information content (AvgIpc) is 3.21. The van der Waals surface area contributed by atoms with Crippen LogP contribution < -0.4 is 0 Å². The van der Waals surface area contributed by atoms with Gasteiger partial charge in [-0.1, -0.05) is 44.2 Å². The van der Waals surface area contributed by atoms with Gasteiger partial charge < -0.3 is 24.8 Å². The molecule has 0 saturated heterocycles. The molecule has 0 fully saturated rings. The van der Waals surface area contributed by atoms with E-state index in [1.807, 2.05) is 50.2 Å². The Morgan fingerprint density at radius 2 is 1.43 bits per heavy atom. The zero-order valence-electron chi connectivity index (χ0n) is 16.6. The van der Waals surface area contributed by atoms with Gasteiger partial charge in [0.05, 0.1) is 6.61 Å². The Kier molecular flexibility index (Phi) is 6.09. The summed E-state index contributed by atoms with van der Waals surface area (Å²) in [7, 11) is 0. The average molecular weight is 406 g/mol. The zero-order chi connectivity index (χ0) is 21.8. The number of aromatic hydroxyl groups is 3. The molecule has 154 valence electrons. The minimum absolute atomic E-state index is 0.00771. The maximum Gasteiger partial charge on any atom is 0.228 e. The molecule has 0 aliphatic rings. The van der Waals surface area contributed by atoms with E-state index < -0.39 is 23.0 Å². The van der Waals surface area contributed by atoms with Crippen LogP contribution >= 0.6 is 0 Å². The lowest BCUT2D eigenvalue weighted by molar-refractivity contribution is 0.101. The summed E-state index contributed by atoms with van der Waals surface area (Å²) in [5.41, 5.74) is 3.22.